The summed E-state index contributed by atoms with van der Waals surface area (Å²) in [5.74, 6) is 1.51. The van der Waals surface area contributed by atoms with E-state index in [1.807, 2.05) is 18.2 Å². The summed E-state index contributed by atoms with van der Waals surface area (Å²) in [6, 6.07) is 6.05. The Labute approximate surface area is 106 Å². The van der Waals surface area contributed by atoms with Crippen LogP contribution in [0.25, 0.3) is 0 Å². The molecule has 0 saturated carbocycles. The van der Waals surface area contributed by atoms with Gasteiger partial charge in [0.1, 0.15) is 5.75 Å². The Morgan fingerprint density at radius 2 is 2.12 bits per heavy atom. The minimum absolute atomic E-state index is 0.0928. The normalized spacial score (nSPS) is 14.6. The van der Waals surface area contributed by atoms with E-state index in [9.17, 15) is 0 Å². The Morgan fingerprint density at radius 1 is 1.44 bits per heavy atom. The van der Waals surface area contributed by atoms with Crippen LogP contribution < -0.4 is 10.5 Å². The van der Waals surface area contributed by atoms with E-state index >= 15 is 0 Å². The van der Waals surface area contributed by atoms with Gasteiger partial charge in [0.05, 0.1) is 7.11 Å². The van der Waals surface area contributed by atoms with Gasteiger partial charge in [-0.15, -0.1) is 0 Å². The minimum Gasteiger partial charge on any atom is -0.497 e. The lowest BCUT2D eigenvalue weighted by Gasteiger charge is -2.18. The number of ether oxygens (including phenoxy) is 1. The zero-order chi connectivity index (χ0) is 12.1. The third kappa shape index (κ3) is 3.49. The number of hydrogen-bond donors (Lipinski definition) is 1. The van der Waals surface area contributed by atoms with Gasteiger partial charge >= 0.3 is 0 Å². The maximum atomic E-state index is 6.19. The highest BCUT2D eigenvalue weighted by Gasteiger charge is 2.13. The van der Waals surface area contributed by atoms with Gasteiger partial charge in [-0.05, 0) is 30.0 Å². The lowest BCUT2D eigenvalue weighted by Crippen LogP contribution is -2.14. The summed E-state index contributed by atoms with van der Waals surface area (Å²) in [4.78, 5) is 0. The third-order valence-corrected chi connectivity index (χ3v) is 3.65. The fraction of sp³-hybridized carbons (Fsp3) is 0.538. The summed E-state index contributed by atoms with van der Waals surface area (Å²) in [7, 11) is 1.67. The second-order valence-electron chi connectivity index (χ2n) is 4.24. The van der Waals surface area contributed by atoms with Crippen molar-refractivity contribution in [2.75, 3.05) is 7.11 Å². The average molecular weight is 286 g/mol. The number of rotatable bonds is 5. The first kappa shape index (κ1) is 13.5. The molecule has 0 radical (unpaired) electrons. The molecule has 0 aliphatic carbocycles. The van der Waals surface area contributed by atoms with Gasteiger partial charge < -0.3 is 10.5 Å². The second-order valence-corrected chi connectivity index (χ2v) is 5.10. The molecular weight excluding hydrogens is 266 g/mol. The molecule has 0 aromatic heterocycles. The standard InChI is InChI=1S/C13H20BrNO/c1-4-9(2)7-13(15)11-6-5-10(16-3)8-12(11)14/h5-6,8-9,13H,4,7,15H2,1-3H3. The van der Waals surface area contributed by atoms with Gasteiger partial charge in [-0.25, -0.2) is 0 Å². The van der Waals surface area contributed by atoms with Crippen molar-refractivity contribution < 1.29 is 4.74 Å². The molecule has 16 heavy (non-hydrogen) atoms. The van der Waals surface area contributed by atoms with E-state index in [1.54, 1.807) is 7.11 Å². The lowest BCUT2D eigenvalue weighted by molar-refractivity contribution is 0.413. The predicted octanol–water partition coefficient (Wildman–Crippen LogP) is 3.89. The predicted molar refractivity (Wildman–Crippen MR) is 71.7 cm³/mol. The highest BCUT2D eigenvalue weighted by atomic mass is 79.9. The van der Waals surface area contributed by atoms with E-state index in [4.69, 9.17) is 10.5 Å². The monoisotopic (exact) mass is 285 g/mol. The lowest BCUT2D eigenvalue weighted by atomic mass is 9.95. The highest BCUT2D eigenvalue weighted by molar-refractivity contribution is 9.10. The molecule has 0 aliphatic rings. The molecule has 2 nitrogen and oxygen atoms in total. The van der Waals surface area contributed by atoms with E-state index in [0.717, 1.165) is 22.2 Å². The summed E-state index contributed by atoms with van der Waals surface area (Å²) >= 11 is 3.54. The van der Waals surface area contributed by atoms with Crippen molar-refractivity contribution >= 4 is 15.9 Å². The minimum atomic E-state index is 0.0928. The molecule has 0 saturated heterocycles. The zero-order valence-corrected chi connectivity index (χ0v) is 11.8. The van der Waals surface area contributed by atoms with E-state index in [-0.39, 0.29) is 6.04 Å². The van der Waals surface area contributed by atoms with Crippen molar-refractivity contribution in [2.24, 2.45) is 11.7 Å². The quantitative estimate of drug-likeness (QED) is 0.891. The van der Waals surface area contributed by atoms with Crippen molar-refractivity contribution in [3.8, 4) is 5.75 Å². The molecule has 1 aromatic carbocycles. The zero-order valence-electron chi connectivity index (χ0n) is 10.2. The first-order valence-electron chi connectivity index (χ1n) is 5.67. The number of nitrogens with two attached hydrogens (primary N) is 1. The maximum absolute atomic E-state index is 6.19. The molecule has 0 amide bonds. The molecule has 3 heteroatoms. The Morgan fingerprint density at radius 3 is 2.62 bits per heavy atom. The Kier molecular flexibility index (Phi) is 5.29. The maximum Gasteiger partial charge on any atom is 0.120 e. The second kappa shape index (κ2) is 6.26. The molecule has 2 N–H and O–H groups in total. The molecule has 90 valence electrons. The number of benzene rings is 1. The molecule has 0 spiro atoms. The van der Waals surface area contributed by atoms with Crippen LogP contribution in [-0.4, -0.2) is 7.11 Å². The number of methoxy groups -OCH3 is 1. The summed E-state index contributed by atoms with van der Waals surface area (Å²) in [5.41, 5.74) is 7.35. The molecule has 0 fully saturated rings. The Bertz CT molecular complexity index is 341. The highest BCUT2D eigenvalue weighted by Crippen LogP contribution is 2.30. The first-order chi connectivity index (χ1) is 7.58. The molecule has 2 unspecified atom stereocenters. The van der Waals surface area contributed by atoms with E-state index < -0.39 is 0 Å². The van der Waals surface area contributed by atoms with Crippen LogP contribution in [-0.2, 0) is 0 Å². The fourth-order valence-corrected chi connectivity index (χ4v) is 2.31. The molecule has 0 aliphatic heterocycles. The number of hydrogen-bond acceptors (Lipinski definition) is 2. The van der Waals surface area contributed by atoms with Gasteiger partial charge in [-0.3, -0.25) is 0 Å². The molecule has 0 heterocycles. The third-order valence-electron chi connectivity index (χ3n) is 2.96. The fourth-order valence-electron chi connectivity index (χ4n) is 1.66. The molecule has 1 aromatic rings. The largest absolute Gasteiger partial charge is 0.497 e. The van der Waals surface area contributed by atoms with Gasteiger partial charge in [0, 0.05) is 10.5 Å². The average Bonchev–Trinajstić information content (AvgIpc) is 2.28. The van der Waals surface area contributed by atoms with Crippen LogP contribution in [0.4, 0.5) is 0 Å². The number of halogens is 1. The van der Waals surface area contributed by atoms with E-state index in [1.165, 1.54) is 6.42 Å². The van der Waals surface area contributed by atoms with Crippen LogP contribution in [0.3, 0.4) is 0 Å². The van der Waals surface area contributed by atoms with Crippen LogP contribution >= 0.6 is 15.9 Å². The summed E-state index contributed by atoms with van der Waals surface area (Å²) < 4.78 is 6.19. The SMILES string of the molecule is CCC(C)CC(N)c1ccc(OC)cc1Br. The van der Waals surface area contributed by atoms with E-state index in [0.29, 0.717) is 5.92 Å². The summed E-state index contributed by atoms with van der Waals surface area (Å²) in [6.45, 7) is 4.43. The van der Waals surface area contributed by atoms with Crippen molar-refractivity contribution in [3.63, 3.8) is 0 Å². The van der Waals surface area contributed by atoms with Crippen LogP contribution in [0.5, 0.6) is 5.75 Å². The Balaban J connectivity index is 2.79. The van der Waals surface area contributed by atoms with E-state index in [2.05, 4.69) is 29.8 Å². The molecule has 0 bridgehead atoms. The summed E-state index contributed by atoms with van der Waals surface area (Å²) in [5, 5.41) is 0. The summed E-state index contributed by atoms with van der Waals surface area (Å²) in [6.07, 6.45) is 2.18. The van der Waals surface area contributed by atoms with Crippen molar-refractivity contribution in [1.29, 1.82) is 0 Å². The van der Waals surface area contributed by atoms with Gasteiger partial charge in [0.2, 0.25) is 0 Å². The molecule has 2 atom stereocenters. The van der Waals surface area contributed by atoms with Crippen molar-refractivity contribution in [1.82, 2.24) is 0 Å². The topological polar surface area (TPSA) is 35.2 Å². The molecule has 1 rings (SSSR count). The van der Waals surface area contributed by atoms with Gasteiger partial charge in [0.25, 0.3) is 0 Å². The van der Waals surface area contributed by atoms with Crippen LogP contribution in [0, 0.1) is 5.92 Å². The van der Waals surface area contributed by atoms with Crippen LogP contribution in [0.1, 0.15) is 38.3 Å². The van der Waals surface area contributed by atoms with Gasteiger partial charge in [-0.1, -0.05) is 42.3 Å². The smallest absolute Gasteiger partial charge is 0.120 e. The first-order valence-corrected chi connectivity index (χ1v) is 6.46. The Hall–Kier alpha value is -0.540. The van der Waals surface area contributed by atoms with Crippen LogP contribution in [0.15, 0.2) is 22.7 Å². The van der Waals surface area contributed by atoms with Crippen molar-refractivity contribution in [2.45, 2.75) is 32.7 Å². The van der Waals surface area contributed by atoms with Gasteiger partial charge in [-0.2, -0.15) is 0 Å². The van der Waals surface area contributed by atoms with Crippen molar-refractivity contribution in [3.05, 3.63) is 28.2 Å². The molecular formula is C13H20BrNO. The van der Waals surface area contributed by atoms with Crippen LogP contribution in [0.2, 0.25) is 0 Å². The van der Waals surface area contributed by atoms with Gasteiger partial charge in [0.15, 0.2) is 0 Å².